The normalized spacial score (nSPS) is 27.4. The van der Waals surface area contributed by atoms with E-state index in [9.17, 15) is 0 Å². The number of hydrogen-bond donors (Lipinski definition) is 1. The summed E-state index contributed by atoms with van der Waals surface area (Å²) >= 11 is 1.77. The van der Waals surface area contributed by atoms with Gasteiger partial charge in [0.1, 0.15) is 0 Å². The van der Waals surface area contributed by atoms with E-state index in [1.165, 1.54) is 5.56 Å². The molecule has 120 valence electrons. The Kier molecular flexibility index (Phi) is 5.14. The van der Waals surface area contributed by atoms with E-state index in [-0.39, 0.29) is 11.2 Å². The van der Waals surface area contributed by atoms with Crippen LogP contribution in [-0.2, 0) is 11.3 Å². The van der Waals surface area contributed by atoms with Gasteiger partial charge in [-0.1, -0.05) is 6.92 Å². The molecule has 1 fully saturated rings. The molecule has 21 heavy (non-hydrogen) atoms. The van der Waals surface area contributed by atoms with Crippen molar-refractivity contribution >= 4 is 11.3 Å². The van der Waals surface area contributed by atoms with Crippen molar-refractivity contribution in [3.05, 3.63) is 22.4 Å². The number of hydrogen-bond acceptors (Lipinski definition) is 4. The summed E-state index contributed by atoms with van der Waals surface area (Å²) < 4.78 is 6.36. The second-order valence-corrected chi connectivity index (χ2v) is 8.06. The fourth-order valence-electron chi connectivity index (χ4n) is 3.73. The lowest BCUT2D eigenvalue weighted by Crippen LogP contribution is -2.50. The molecule has 2 heterocycles. The van der Waals surface area contributed by atoms with Crippen molar-refractivity contribution in [3.8, 4) is 0 Å². The van der Waals surface area contributed by atoms with E-state index < -0.39 is 0 Å². The Labute approximate surface area is 133 Å². The number of nitrogens with zero attached hydrogens (tertiary/aromatic N) is 1. The number of rotatable bonds is 6. The molecular weight excluding hydrogens is 280 g/mol. The fraction of sp³-hybridized carbons (Fsp3) is 0.765. The maximum Gasteiger partial charge on any atom is 0.0790 e. The summed E-state index contributed by atoms with van der Waals surface area (Å²) in [5.41, 5.74) is 1.19. The highest BCUT2D eigenvalue weighted by atomic mass is 32.1. The highest BCUT2D eigenvalue weighted by molar-refractivity contribution is 7.07. The second kappa shape index (κ2) is 6.37. The van der Waals surface area contributed by atoms with Crippen molar-refractivity contribution in [1.29, 1.82) is 0 Å². The zero-order valence-electron chi connectivity index (χ0n) is 14.3. The first kappa shape index (κ1) is 16.9. The molecule has 3 nitrogen and oxygen atoms in total. The zero-order valence-corrected chi connectivity index (χ0v) is 15.1. The number of ether oxygens (including phenoxy) is 1. The molecule has 0 aliphatic carbocycles. The van der Waals surface area contributed by atoms with Crippen LogP contribution in [0.5, 0.6) is 0 Å². The third-order valence-electron chi connectivity index (χ3n) is 4.54. The monoisotopic (exact) mass is 310 g/mol. The molecule has 0 saturated carbocycles. The van der Waals surface area contributed by atoms with Crippen molar-refractivity contribution in [2.45, 2.75) is 58.4 Å². The first-order valence-corrected chi connectivity index (χ1v) is 8.83. The van der Waals surface area contributed by atoms with Crippen LogP contribution in [0, 0.1) is 5.92 Å². The van der Waals surface area contributed by atoms with Gasteiger partial charge in [0.05, 0.1) is 11.2 Å². The van der Waals surface area contributed by atoms with Gasteiger partial charge in [-0.05, 0) is 63.7 Å². The summed E-state index contributed by atoms with van der Waals surface area (Å²) in [7, 11) is 2.21. The Morgan fingerprint density at radius 1 is 1.29 bits per heavy atom. The Morgan fingerprint density at radius 3 is 2.57 bits per heavy atom. The van der Waals surface area contributed by atoms with Crippen LogP contribution in [-0.4, -0.2) is 42.3 Å². The van der Waals surface area contributed by atoms with Crippen LogP contribution in [0.1, 0.15) is 40.2 Å². The smallest absolute Gasteiger partial charge is 0.0790 e. The average molecular weight is 311 g/mol. The van der Waals surface area contributed by atoms with Gasteiger partial charge >= 0.3 is 0 Å². The summed E-state index contributed by atoms with van der Waals surface area (Å²) in [4.78, 5) is 2.42. The summed E-state index contributed by atoms with van der Waals surface area (Å²) in [6.07, 6.45) is 0. The molecule has 1 aliphatic rings. The molecule has 1 aliphatic heterocycles. The summed E-state index contributed by atoms with van der Waals surface area (Å²) in [6, 6.07) is 2.60. The maximum atomic E-state index is 6.36. The molecule has 2 rings (SSSR count). The van der Waals surface area contributed by atoms with E-state index in [0.717, 1.165) is 19.6 Å². The number of thiophene rings is 1. The highest BCUT2D eigenvalue weighted by Gasteiger charge is 2.53. The Hall–Kier alpha value is -0.420. The molecule has 1 saturated heterocycles. The molecule has 1 aromatic heterocycles. The third kappa shape index (κ3) is 3.86. The van der Waals surface area contributed by atoms with Crippen molar-refractivity contribution < 1.29 is 4.74 Å². The Balaban J connectivity index is 2.07. The molecule has 0 spiro atoms. The summed E-state index contributed by atoms with van der Waals surface area (Å²) in [6.45, 7) is 14.1. The summed E-state index contributed by atoms with van der Waals surface area (Å²) in [5, 5.41) is 8.04. The van der Waals surface area contributed by atoms with Gasteiger partial charge in [-0.15, -0.1) is 0 Å². The van der Waals surface area contributed by atoms with Gasteiger partial charge in [0.15, 0.2) is 0 Å². The molecule has 2 atom stereocenters. The molecule has 0 radical (unpaired) electrons. The van der Waals surface area contributed by atoms with Crippen LogP contribution in [0.2, 0.25) is 0 Å². The van der Waals surface area contributed by atoms with E-state index in [1.807, 2.05) is 0 Å². The molecular formula is C17H30N2OS. The van der Waals surface area contributed by atoms with Gasteiger partial charge in [0.2, 0.25) is 0 Å². The minimum atomic E-state index is -0.118. The molecule has 0 bridgehead atoms. The SMILES string of the molecule is CCNC1C(CN(C)Cc2ccsc2)C(C)(C)OC1(C)C. The van der Waals surface area contributed by atoms with E-state index in [0.29, 0.717) is 12.0 Å². The van der Waals surface area contributed by atoms with Crippen LogP contribution in [0.3, 0.4) is 0 Å². The molecule has 0 amide bonds. The van der Waals surface area contributed by atoms with E-state index >= 15 is 0 Å². The second-order valence-electron chi connectivity index (χ2n) is 7.28. The van der Waals surface area contributed by atoms with Gasteiger partial charge in [-0.3, -0.25) is 0 Å². The minimum absolute atomic E-state index is 0.0980. The Morgan fingerprint density at radius 2 is 2.00 bits per heavy atom. The van der Waals surface area contributed by atoms with Gasteiger partial charge in [-0.2, -0.15) is 11.3 Å². The van der Waals surface area contributed by atoms with Crippen molar-refractivity contribution in [1.82, 2.24) is 10.2 Å². The van der Waals surface area contributed by atoms with Crippen LogP contribution >= 0.6 is 11.3 Å². The van der Waals surface area contributed by atoms with E-state index in [2.05, 4.69) is 68.7 Å². The van der Waals surface area contributed by atoms with Gasteiger partial charge in [-0.25, -0.2) is 0 Å². The minimum Gasteiger partial charge on any atom is -0.368 e. The molecule has 1 aromatic rings. The van der Waals surface area contributed by atoms with Crippen molar-refractivity contribution in [3.63, 3.8) is 0 Å². The lowest BCUT2D eigenvalue weighted by atomic mass is 9.82. The van der Waals surface area contributed by atoms with Gasteiger partial charge < -0.3 is 15.0 Å². The first-order chi connectivity index (χ1) is 9.76. The summed E-state index contributed by atoms with van der Waals surface area (Å²) in [5.74, 6) is 0.482. The van der Waals surface area contributed by atoms with Crippen LogP contribution in [0.15, 0.2) is 16.8 Å². The van der Waals surface area contributed by atoms with Crippen LogP contribution in [0.4, 0.5) is 0 Å². The number of nitrogens with one attached hydrogen (secondary N) is 1. The lowest BCUT2D eigenvalue weighted by molar-refractivity contribution is -0.0793. The van der Waals surface area contributed by atoms with Crippen LogP contribution < -0.4 is 5.32 Å². The van der Waals surface area contributed by atoms with Gasteiger partial charge in [0, 0.05) is 25.0 Å². The van der Waals surface area contributed by atoms with Crippen molar-refractivity contribution in [2.24, 2.45) is 5.92 Å². The average Bonchev–Trinajstić information content (AvgIpc) is 2.89. The third-order valence-corrected chi connectivity index (χ3v) is 5.27. The first-order valence-electron chi connectivity index (χ1n) is 7.89. The number of likely N-dealkylation sites (N-methyl/N-ethyl adjacent to an activating group) is 1. The van der Waals surface area contributed by atoms with Gasteiger partial charge in [0.25, 0.3) is 0 Å². The van der Waals surface area contributed by atoms with E-state index in [1.54, 1.807) is 11.3 Å². The Bertz CT molecular complexity index is 442. The topological polar surface area (TPSA) is 24.5 Å². The van der Waals surface area contributed by atoms with Crippen molar-refractivity contribution in [2.75, 3.05) is 20.1 Å². The predicted molar refractivity (Wildman–Crippen MR) is 90.9 cm³/mol. The zero-order chi connectivity index (χ0) is 15.7. The fourth-order valence-corrected chi connectivity index (χ4v) is 4.39. The van der Waals surface area contributed by atoms with Crippen LogP contribution in [0.25, 0.3) is 0 Å². The largest absolute Gasteiger partial charge is 0.368 e. The molecule has 0 aromatic carbocycles. The highest BCUT2D eigenvalue weighted by Crippen LogP contribution is 2.42. The molecule has 1 N–H and O–H groups in total. The molecule has 2 unspecified atom stereocenters. The lowest BCUT2D eigenvalue weighted by Gasteiger charge is -2.33. The predicted octanol–water partition coefficient (Wildman–Crippen LogP) is 3.36. The molecule has 4 heteroatoms. The van der Waals surface area contributed by atoms with E-state index in [4.69, 9.17) is 4.74 Å². The quantitative estimate of drug-likeness (QED) is 0.872. The standard InChI is InChI=1S/C17H30N2OS/c1-7-18-15-14(16(2,3)20-17(15,4)5)11-19(6)10-13-8-9-21-12-13/h8-9,12,14-15,18H,7,10-11H2,1-6H3. The maximum absolute atomic E-state index is 6.36.